The molecule has 43 heavy (non-hydrogen) atoms. The normalized spacial score (nSPS) is 19.4. The standard InChI is InChI=1S/C32H41F5O5S/c1-43-30(23-13-15-24(38)16-14-23)21-42-28-20-25(39)17-18-26(28)27(30)12-8-6-4-2-3-5-7-10-22(29(40)41)11-9-19-31(33,34)32(35,36)37/h13-18,20,22,27,38-39H,2-12,19,21H2,1H3,(H,40,41)/t22?,27-,30+/m0/s1. The maximum atomic E-state index is 13.1. The van der Waals surface area contributed by atoms with Crippen LogP contribution < -0.4 is 4.74 Å². The molecule has 0 saturated carbocycles. The number of fused-ring (bicyclic) bond motifs is 1. The van der Waals surface area contributed by atoms with E-state index in [-0.39, 0.29) is 35.0 Å². The monoisotopic (exact) mass is 632 g/mol. The van der Waals surface area contributed by atoms with Crippen molar-refractivity contribution in [3.8, 4) is 17.2 Å². The summed E-state index contributed by atoms with van der Waals surface area (Å²) in [6.07, 6.45) is 1.68. The molecule has 3 rings (SSSR count). The summed E-state index contributed by atoms with van der Waals surface area (Å²) in [7, 11) is 0. The van der Waals surface area contributed by atoms with E-state index in [1.54, 1.807) is 36.0 Å². The van der Waals surface area contributed by atoms with Crippen molar-refractivity contribution in [1.29, 1.82) is 0 Å². The minimum atomic E-state index is -5.62. The molecule has 0 radical (unpaired) electrons. The maximum Gasteiger partial charge on any atom is 0.453 e. The number of carbonyl (C=O) groups is 1. The molecule has 0 saturated heterocycles. The highest BCUT2D eigenvalue weighted by Crippen LogP contribution is 2.55. The van der Waals surface area contributed by atoms with Gasteiger partial charge in [-0.05, 0) is 61.3 Å². The highest BCUT2D eigenvalue weighted by atomic mass is 32.2. The number of phenols is 2. The van der Waals surface area contributed by atoms with Crippen LogP contribution in [0.4, 0.5) is 22.0 Å². The summed E-state index contributed by atoms with van der Waals surface area (Å²) in [6.45, 7) is 0.433. The molecule has 0 aromatic heterocycles. The van der Waals surface area contributed by atoms with E-state index in [1.165, 1.54) is 0 Å². The van der Waals surface area contributed by atoms with Gasteiger partial charge in [0.1, 0.15) is 23.9 Å². The molecule has 3 atom stereocenters. The van der Waals surface area contributed by atoms with Crippen LogP contribution in [-0.2, 0) is 9.54 Å². The summed E-state index contributed by atoms with van der Waals surface area (Å²) in [5, 5.41) is 29.2. The first-order valence-electron chi connectivity index (χ1n) is 14.8. The lowest BCUT2D eigenvalue weighted by Crippen LogP contribution is -2.40. The van der Waals surface area contributed by atoms with Crippen molar-refractivity contribution < 1.29 is 46.8 Å². The molecule has 3 N–H and O–H groups in total. The van der Waals surface area contributed by atoms with Crippen LogP contribution in [0.1, 0.15) is 94.1 Å². The molecule has 1 aliphatic heterocycles. The summed E-state index contributed by atoms with van der Waals surface area (Å²) >= 11 is 1.72. The van der Waals surface area contributed by atoms with Crippen molar-refractivity contribution >= 4 is 17.7 Å². The number of alkyl halides is 5. The van der Waals surface area contributed by atoms with Gasteiger partial charge in [0.15, 0.2) is 0 Å². The molecule has 2 aromatic rings. The molecule has 0 spiro atoms. The molecule has 1 heterocycles. The number of aliphatic carboxylic acids is 1. The summed E-state index contributed by atoms with van der Waals surface area (Å²) in [6, 6.07) is 12.5. The molecule has 0 bridgehead atoms. The fraction of sp³-hybridized carbons (Fsp3) is 0.594. The third-order valence-corrected chi connectivity index (χ3v) is 9.82. The van der Waals surface area contributed by atoms with Crippen molar-refractivity contribution in [1.82, 2.24) is 0 Å². The Morgan fingerprint density at radius 2 is 1.49 bits per heavy atom. The number of unbranched alkanes of at least 4 members (excludes halogenated alkanes) is 6. The molecule has 0 amide bonds. The van der Waals surface area contributed by atoms with Crippen LogP contribution in [0, 0.1) is 5.92 Å². The maximum absolute atomic E-state index is 13.1. The Balaban J connectivity index is 1.44. The summed E-state index contributed by atoms with van der Waals surface area (Å²) in [4.78, 5) is 11.4. The SMILES string of the molecule is CS[C@@]1(c2ccc(O)cc2)COc2cc(O)ccc2[C@@H]1CCCCCCCCCC(CCCC(F)(F)C(F)(F)F)C(=O)O. The van der Waals surface area contributed by atoms with E-state index in [9.17, 15) is 42.1 Å². The van der Waals surface area contributed by atoms with E-state index in [0.29, 0.717) is 18.8 Å². The molecule has 0 aliphatic carbocycles. The zero-order valence-corrected chi connectivity index (χ0v) is 25.2. The Hall–Kier alpha value is -2.69. The predicted molar refractivity (Wildman–Crippen MR) is 157 cm³/mol. The van der Waals surface area contributed by atoms with Gasteiger partial charge in [-0.2, -0.15) is 22.0 Å². The van der Waals surface area contributed by atoms with E-state index in [2.05, 4.69) is 6.26 Å². The van der Waals surface area contributed by atoms with Crippen molar-refractivity contribution in [3.63, 3.8) is 0 Å². The van der Waals surface area contributed by atoms with Gasteiger partial charge in [-0.15, -0.1) is 11.8 Å². The van der Waals surface area contributed by atoms with Crippen LogP contribution in [-0.4, -0.2) is 46.3 Å². The number of rotatable bonds is 17. The van der Waals surface area contributed by atoms with Gasteiger partial charge in [-0.1, -0.05) is 63.1 Å². The molecule has 240 valence electrons. The Labute approximate surface area is 253 Å². The third kappa shape index (κ3) is 9.16. The van der Waals surface area contributed by atoms with E-state index < -0.39 is 36.8 Å². The molecular weight excluding hydrogens is 591 g/mol. The van der Waals surface area contributed by atoms with E-state index in [1.807, 2.05) is 18.2 Å². The molecule has 11 heteroatoms. The molecular formula is C32H41F5O5S. The van der Waals surface area contributed by atoms with Crippen LogP contribution >= 0.6 is 11.8 Å². The first-order chi connectivity index (χ1) is 20.3. The lowest BCUT2D eigenvalue weighted by molar-refractivity contribution is -0.284. The molecule has 1 unspecified atom stereocenters. The molecule has 1 aliphatic rings. The number of benzene rings is 2. The predicted octanol–water partition coefficient (Wildman–Crippen LogP) is 9.41. The molecule has 2 aromatic carbocycles. The van der Waals surface area contributed by atoms with E-state index in [4.69, 9.17) is 4.74 Å². The van der Waals surface area contributed by atoms with Crippen LogP contribution in [0.3, 0.4) is 0 Å². The zero-order chi connectivity index (χ0) is 31.7. The first kappa shape index (κ1) is 34.8. The van der Waals surface area contributed by atoms with Crippen molar-refractivity contribution in [2.24, 2.45) is 5.92 Å². The Morgan fingerprint density at radius 3 is 2.09 bits per heavy atom. The van der Waals surface area contributed by atoms with Crippen LogP contribution in [0.15, 0.2) is 42.5 Å². The van der Waals surface area contributed by atoms with E-state index in [0.717, 1.165) is 56.1 Å². The third-order valence-electron chi connectivity index (χ3n) is 8.45. The van der Waals surface area contributed by atoms with Gasteiger partial charge in [-0.3, -0.25) is 4.79 Å². The molecule has 0 fully saturated rings. The second-order valence-corrected chi connectivity index (χ2v) is 12.5. The number of carboxylic acid groups (broad SMARTS) is 1. The summed E-state index contributed by atoms with van der Waals surface area (Å²) in [5.74, 6) is -5.72. The molecule has 5 nitrogen and oxygen atoms in total. The number of aromatic hydroxyl groups is 2. The minimum Gasteiger partial charge on any atom is -0.508 e. The smallest absolute Gasteiger partial charge is 0.453 e. The topological polar surface area (TPSA) is 87.0 Å². The van der Waals surface area contributed by atoms with Gasteiger partial charge in [-0.25, -0.2) is 0 Å². The van der Waals surface area contributed by atoms with Gasteiger partial charge in [0.25, 0.3) is 0 Å². The fourth-order valence-corrected chi connectivity index (χ4v) is 7.01. The number of thioether (sulfide) groups is 1. The average molecular weight is 633 g/mol. The van der Waals surface area contributed by atoms with Gasteiger partial charge >= 0.3 is 18.1 Å². The Bertz CT molecular complexity index is 1170. The lowest BCUT2D eigenvalue weighted by Gasteiger charge is -2.44. The number of phenolic OH excluding ortho intramolecular Hbond substituents is 2. The first-order valence-corrected chi connectivity index (χ1v) is 16.0. The summed E-state index contributed by atoms with van der Waals surface area (Å²) in [5.41, 5.74) is 2.11. The fourth-order valence-electron chi connectivity index (χ4n) is 5.94. The van der Waals surface area contributed by atoms with Gasteiger partial charge in [0, 0.05) is 18.4 Å². The highest BCUT2D eigenvalue weighted by molar-refractivity contribution is 7.99. The summed E-state index contributed by atoms with van der Waals surface area (Å²) < 4.78 is 68.9. The van der Waals surface area contributed by atoms with Gasteiger partial charge in [0.2, 0.25) is 0 Å². The van der Waals surface area contributed by atoms with Crippen LogP contribution in [0.2, 0.25) is 0 Å². The van der Waals surface area contributed by atoms with Crippen molar-refractivity contribution in [3.05, 3.63) is 53.6 Å². The zero-order valence-electron chi connectivity index (χ0n) is 24.3. The number of carboxylic acids is 1. The quantitative estimate of drug-likeness (QED) is 0.119. The number of hydrogen-bond donors (Lipinski definition) is 3. The Kier molecular flexibility index (Phi) is 12.4. The Morgan fingerprint density at radius 1 is 0.907 bits per heavy atom. The largest absolute Gasteiger partial charge is 0.508 e. The van der Waals surface area contributed by atoms with Gasteiger partial charge in [0.05, 0.1) is 10.7 Å². The number of hydrogen-bond acceptors (Lipinski definition) is 5. The second-order valence-electron chi connectivity index (χ2n) is 11.4. The van der Waals surface area contributed by atoms with Crippen molar-refractivity contribution in [2.45, 2.75) is 99.8 Å². The highest BCUT2D eigenvalue weighted by Gasteiger charge is 2.56. The van der Waals surface area contributed by atoms with Crippen LogP contribution in [0.5, 0.6) is 17.2 Å². The minimum absolute atomic E-state index is 0.125. The number of halogens is 5. The second kappa shape index (κ2) is 15.3. The lowest BCUT2D eigenvalue weighted by atomic mass is 9.76. The van der Waals surface area contributed by atoms with Crippen molar-refractivity contribution in [2.75, 3.05) is 12.9 Å². The number of ether oxygens (including phenoxy) is 1. The van der Waals surface area contributed by atoms with Gasteiger partial charge < -0.3 is 20.1 Å². The van der Waals surface area contributed by atoms with Crippen LogP contribution in [0.25, 0.3) is 0 Å². The average Bonchev–Trinajstić information content (AvgIpc) is 2.94. The van der Waals surface area contributed by atoms with E-state index >= 15 is 0 Å².